The van der Waals surface area contributed by atoms with Gasteiger partial charge in [-0.2, -0.15) is 0 Å². The summed E-state index contributed by atoms with van der Waals surface area (Å²) in [5.74, 6) is 1.53. The molecule has 4 heteroatoms. The molecular formula is C14H22ClN3. The highest BCUT2D eigenvalue weighted by Gasteiger charge is 2.64. The van der Waals surface area contributed by atoms with Gasteiger partial charge in [-0.3, -0.25) is 0 Å². The summed E-state index contributed by atoms with van der Waals surface area (Å²) < 4.78 is 0. The quantitative estimate of drug-likeness (QED) is 0.904. The summed E-state index contributed by atoms with van der Waals surface area (Å²) in [4.78, 5) is 0. The number of rotatable bonds is 3. The van der Waals surface area contributed by atoms with Crippen LogP contribution in [-0.4, -0.2) is 16.7 Å². The zero-order chi connectivity index (χ0) is 13.7. The lowest BCUT2D eigenvalue weighted by Crippen LogP contribution is -2.11. The highest BCUT2D eigenvalue weighted by molar-refractivity contribution is 6.30. The lowest BCUT2D eigenvalue weighted by Gasteiger charge is -2.11. The standard InChI is InChI=1S/C14H22ClN3/c1-8-9(2)12(18-17-11(8)15)16-7-10-13(3,4)14(10,5)6/h10H,7H2,1-6H3,(H,16,18). The van der Waals surface area contributed by atoms with E-state index in [2.05, 4.69) is 43.2 Å². The van der Waals surface area contributed by atoms with E-state index < -0.39 is 0 Å². The summed E-state index contributed by atoms with van der Waals surface area (Å²) in [5.41, 5.74) is 2.88. The molecule has 1 aromatic rings. The van der Waals surface area contributed by atoms with E-state index in [0.717, 1.165) is 23.5 Å². The van der Waals surface area contributed by atoms with Gasteiger partial charge in [-0.25, -0.2) is 0 Å². The van der Waals surface area contributed by atoms with E-state index in [-0.39, 0.29) is 0 Å². The lowest BCUT2D eigenvalue weighted by atomic mass is 10.0. The zero-order valence-corrected chi connectivity index (χ0v) is 12.8. The van der Waals surface area contributed by atoms with Crippen LogP contribution in [0.4, 0.5) is 5.82 Å². The van der Waals surface area contributed by atoms with Crippen LogP contribution in [0.1, 0.15) is 38.8 Å². The molecule has 0 atom stereocenters. The Labute approximate surface area is 114 Å². The van der Waals surface area contributed by atoms with Gasteiger partial charge in [0.25, 0.3) is 0 Å². The van der Waals surface area contributed by atoms with Gasteiger partial charge in [-0.05, 0) is 41.7 Å². The Bertz CT molecular complexity index is 466. The first-order chi connectivity index (χ1) is 8.19. The van der Waals surface area contributed by atoms with Crippen LogP contribution in [0.15, 0.2) is 0 Å². The van der Waals surface area contributed by atoms with Crippen molar-refractivity contribution in [2.75, 3.05) is 11.9 Å². The van der Waals surface area contributed by atoms with E-state index in [1.807, 2.05) is 13.8 Å². The third-order valence-corrected chi connectivity index (χ3v) is 5.62. The predicted molar refractivity (Wildman–Crippen MR) is 76.1 cm³/mol. The molecule has 3 nitrogen and oxygen atoms in total. The average molecular weight is 268 g/mol. The first-order valence-corrected chi connectivity index (χ1v) is 6.80. The van der Waals surface area contributed by atoms with E-state index in [0.29, 0.717) is 21.9 Å². The molecule has 1 fully saturated rings. The average Bonchev–Trinajstić information content (AvgIpc) is 2.66. The second-order valence-corrected chi connectivity index (χ2v) is 6.82. The maximum atomic E-state index is 5.95. The Kier molecular flexibility index (Phi) is 3.09. The molecule has 1 saturated carbocycles. The summed E-state index contributed by atoms with van der Waals surface area (Å²) in [6.45, 7) is 14.2. The molecule has 0 radical (unpaired) electrons. The van der Waals surface area contributed by atoms with Crippen molar-refractivity contribution in [2.24, 2.45) is 16.7 Å². The number of aromatic nitrogens is 2. The predicted octanol–water partition coefficient (Wildman–Crippen LogP) is 3.84. The van der Waals surface area contributed by atoms with Gasteiger partial charge in [0, 0.05) is 6.54 Å². The summed E-state index contributed by atoms with van der Waals surface area (Å²) in [6, 6.07) is 0. The molecule has 1 aromatic heterocycles. The normalized spacial score (nSPS) is 20.8. The first-order valence-electron chi connectivity index (χ1n) is 6.43. The number of anilines is 1. The minimum atomic E-state index is 0.392. The van der Waals surface area contributed by atoms with Gasteiger partial charge in [0.2, 0.25) is 0 Å². The van der Waals surface area contributed by atoms with Crippen LogP contribution >= 0.6 is 11.6 Å². The lowest BCUT2D eigenvalue weighted by molar-refractivity contribution is 0.457. The van der Waals surface area contributed by atoms with Crippen molar-refractivity contribution >= 4 is 17.4 Å². The van der Waals surface area contributed by atoms with Crippen LogP contribution < -0.4 is 5.32 Å². The van der Waals surface area contributed by atoms with Crippen LogP contribution in [-0.2, 0) is 0 Å². The smallest absolute Gasteiger partial charge is 0.155 e. The molecule has 2 rings (SSSR count). The summed E-state index contributed by atoms with van der Waals surface area (Å²) in [5, 5.41) is 12.0. The molecule has 0 amide bonds. The number of nitrogens with one attached hydrogen (secondary N) is 1. The highest BCUT2D eigenvalue weighted by atomic mass is 35.5. The number of nitrogens with zero attached hydrogens (tertiary/aromatic N) is 2. The van der Waals surface area contributed by atoms with Crippen LogP contribution in [0.5, 0.6) is 0 Å². The SMILES string of the molecule is Cc1c(Cl)nnc(NCC2C(C)(C)C2(C)C)c1C. The Morgan fingerprint density at radius 1 is 1.06 bits per heavy atom. The topological polar surface area (TPSA) is 37.8 Å². The van der Waals surface area contributed by atoms with Gasteiger partial charge in [0.15, 0.2) is 11.0 Å². The van der Waals surface area contributed by atoms with Crippen LogP contribution in [0, 0.1) is 30.6 Å². The number of hydrogen-bond donors (Lipinski definition) is 1. The largest absolute Gasteiger partial charge is 0.368 e. The Morgan fingerprint density at radius 2 is 1.61 bits per heavy atom. The third kappa shape index (κ3) is 1.89. The molecule has 0 bridgehead atoms. The Morgan fingerprint density at radius 3 is 2.11 bits per heavy atom. The highest BCUT2D eigenvalue weighted by Crippen LogP contribution is 2.68. The minimum Gasteiger partial charge on any atom is -0.368 e. The molecule has 0 aromatic carbocycles. The second-order valence-electron chi connectivity index (χ2n) is 6.47. The Hall–Kier alpha value is -0.830. The van der Waals surface area contributed by atoms with Crippen molar-refractivity contribution < 1.29 is 0 Å². The fourth-order valence-corrected chi connectivity index (χ4v) is 2.97. The van der Waals surface area contributed by atoms with E-state index in [1.165, 1.54) is 0 Å². The van der Waals surface area contributed by atoms with E-state index in [4.69, 9.17) is 11.6 Å². The van der Waals surface area contributed by atoms with Crippen LogP contribution in [0.2, 0.25) is 5.15 Å². The van der Waals surface area contributed by atoms with E-state index in [1.54, 1.807) is 0 Å². The van der Waals surface area contributed by atoms with Crippen molar-refractivity contribution in [3.8, 4) is 0 Å². The number of halogens is 1. The van der Waals surface area contributed by atoms with Crippen molar-refractivity contribution in [3.63, 3.8) is 0 Å². The first kappa shape index (κ1) is 13.6. The van der Waals surface area contributed by atoms with Crippen LogP contribution in [0.25, 0.3) is 0 Å². The molecule has 0 aliphatic heterocycles. The summed E-state index contributed by atoms with van der Waals surface area (Å²) in [7, 11) is 0. The molecular weight excluding hydrogens is 246 g/mol. The summed E-state index contributed by atoms with van der Waals surface area (Å²) >= 11 is 5.95. The third-order valence-electron chi connectivity index (χ3n) is 5.26. The fraction of sp³-hybridized carbons (Fsp3) is 0.714. The Balaban J connectivity index is 2.07. The van der Waals surface area contributed by atoms with Crippen molar-refractivity contribution in [1.29, 1.82) is 0 Å². The van der Waals surface area contributed by atoms with Gasteiger partial charge < -0.3 is 5.32 Å². The van der Waals surface area contributed by atoms with Gasteiger partial charge in [-0.15, -0.1) is 10.2 Å². The monoisotopic (exact) mass is 267 g/mol. The van der Waals surface area contributed by atoms with Gasteiger partial charge in [0.1, 0.15) is 0 Å². The molecule has 1 N–H and O–H groups in total. The number of hydrogen-bond acceptors (Lipinski definition) is 3. The van der Waals surface area contributed by atoms with Gasteiger partial charge in [-0.1, -0.05) is 39.3 Å². The van der Waals surface area contributed by atoms with Crippen molar-refractivity contribution in [2.45, 2.75) is 41.5 Å². The molecule has 1 aliphatic rings. The maximum absolute atomic E-state index is 5.95. The van der Waals surface area contributed by atoms with Crippen LogP contribution in [0.3, 0.4) is 0 Å². The molecule has 18 heavy (non-hydrogen) atoms. The van der Waals surface area contributed by atoms with Crippen molar-refractivity contribution in [1.82, 2.24) is 10.2 Å². The molecule has 1 heterocycles. The van der Waals surface area contributed by atoms with Crippen molar-refractivity contribution in [3.05, 3.63) is 16.3 Å². The molecule has 1 aliphatic carbocycles. The minimum absolute atomic E-state index is 0.392. The van der Waals surface area contributed by atoms with E-state index >= 15 is 0 Å². The fourth-order valence-electron chi connectivity index (χ4n) is 2.79. The molecule has 0 spiro atoms. The molecule has 100 valence electrons. The van der Waals surface area contributed by atoms with Gasteiger partial charge >= 0.3 is 0 Å². The zero-order valence-electron chi connectivity index (χ0n) is 12.1. The van der Waals surface area contributed by atoms with Gasteiger partial charge in [0.05, 0.1) is 0 Å². The second kappa shape index (κ2) is 4.09. The maximum Gasteiger partial charge on any atom is 0.155 e. The molecule has 0 saturated heterocycles. The van der Waals surface area contributed by atoms with E-state index in [9.17, 15) is 0 Å². The molecule has 0 unspecified atom stereocenters. The summed E-state index contributed by atoms with van der Waals surface area (Å²) in [6.07, 6.45) is 0.